The van der Waals surface area contributed by atoms with Gasteiger partial charge in [-0.05, 0) is 31.2 Å². The zero-order valence-electron chi connectivity index (χ0n) is 14.1. The topological polar surface area (TPSA) is 76.6 Å². The van der Waals surface area contributed by atoms with E-state index in [4.69, 9.17) is 21.1 Å². The third kappa shape index (κ3) is 4.18. The molecule has 0 spiro atoms. The van der Waals surface area contributed by atoms with Gasteiger partial charge in [0.15, 0.2) is 0 Å². The number of methoxy groups -OCH3 is 1. The summed E-state index contributed by atoms with van der Waals surface area (Å²) in [7, 11) is 1.53. The van der Waals surface area contributed by atoms with E-state index in [1.54, 1.807) is 24.3 Å². The Bertz CT molecular complexity index is 778. The molecule has 1 aromatic heterocycles. The minimum absolute atomic E-state index is 0.288. The second-order valence-corrected chi connectivity index (χ2v) is 6.03. The van der Waals surface area contributed by atoms with E-state index in [1.807, 2.05) is 11.8 Å². The molecule has 0 aliphatic carbocycles. The molecule has 0 bridgehead atoms. The monoisotopic (exact) mass is 362 g/mol. The first-order valence-electron chi connectivity index (χ1n) is 7.90. The summed E-state index contributed by atoms with van der Waals surface area (Å²) in [6, 6.07) is 6.68. The largest absolute Gasteiger partial charge is 0.495 e. The van der Waals surface area contributed by atoms with Gasteiger partial charge in [0.05, 0.1) is 26.0 Å². The molecule has 1 aromatic carbocycles. The molecule has 1 fully saturated rings. The molecule has 7 nitrogen and oxygen atoms in total. The average Bonchev–Trinajstić information content (AvgIpc) is 2.62. The Labute approximate surface area is 150 Å². The average molecular weight is 363 g/mol. The van der Waals surface area contributed by atoms with Crippen molar-refractivity contribution in [1.82, 2.24) is 9.97 Å². The van der Waals surface area contributed by atoms with E-state index in [9.17, 15) is 4.79 Å². The number of carbonyl (C=O) groups is 1. The quantitative estimate of drug-likeness (QED) is 0.900. The number of morpholine rings is 1. The highest BCUT2D eigenvalue weighted by atomic mass is 35.5. The summed E-state index contributed by atoms with van der Waals surface area (Å²) in [5.41, 5.74) is 1.50. The molecule has 2 aromatic rings. The number of aryl methyl sites for hydroxylation is 1. The van der Waals surface area contributed by atoms with Crippen molar-refractivity contribution >= 4 is 29.1 Å². The van der Waals surface area contributed by atoms with Gasteiger partial charge < -0.3 is 19.7 Å². The maximum absolute atomic E-state index is 12.6. The van der Waals surface area contributed by atoms with Gasteiger partial charge in [-0.1, -0.05) is 11.6 Å². The smallest absolute Gasteiger partial charge is 0.274 e. The van der Waals surface area contributed by atoms with Gasteiger partial charge in [-0.15, -0.1) is 0 Å². The normalized spacial score (nSPS) is 14.3. The highest BCUT2D eigenvalue weighted by molar-refractivity contribution is 6.31. The fourth-order valence-corrected chi connectivity index (χ4v) is 2.71. The molecule has 1 aliphatic heterocycles. The van der Waals surface area contributed by atoms with E-state index in [-0.39, 0.29) is 11.6 Å². The molecule has 0 unspecified atom stereocenters. The number of nitrogens with one attached hydrogen (secondary N) is 1. The number of carbonyl (C=O) groups excluding carboxylic acids is 1. The van der Waals surface area contributed by atoms with Crippen LogP contribution in [0.1, 0.15) is 16.2 Å². The van der Waals surface area contributed by atoms with Gasteiger partial charge in [0.1, 0.15) is 11.4 Å². The fraction of sp³-hybridized carbons (Fsp3) is 0.353. The number of ether oxygens (including phenoxy) is 2. The third-order valence-electron chi connectivity index (χ3n) is 3.78. The van der Waals surface area contributed by atoms with Crippen LogP contribution in [0.4, 0.5) is 11.6 Å². The van der Waals surface area contributed by atoms with Crippen LogP contribution in [0.5, 0.6) is 5.75 Å². The molecule has 2 heterocycles. The SMILES string of the molecule is COc1ccc(Cl)cc1NC(=O)c1cc(C)nc(N2CCOCC2)n1. The first-order valence-corrected chi connectivity index (χ1v) is 8.28. The van der Waals surface area contributed by atoms with Gasteiger partial charge >= 0.3 is 0 Å². The van der Waals surface area contributed by atoms with Gasteiger partial charge in [0.2, 0.25) is 5.95 Å². The summed E-state index contributed by atoms with van der Waals surface area (Å²) in [5.74, 6) is 0.712. The number of aromatic nitrogens is 2. The Kier molecular flexibility index (Phi) is 5.35. The van der Waals surface area contributed by atoms with Crippen LogP contribution < -0.4 is 15.0 Å². The summed E-state index contributed by atoms with van der Waals surface area (Å²) < 4.78 is 10.6. The second-order valence-electron chi connectivity index (χ2n) is 5.59. The predicted molar refractivity (Wildman–Crippen MR) is 95.8 cm³/mol. The number of halogens is 1. The van der Waals surface area contributed by atoms with Gasteiger partial charge in [-0.3, -0.25) is 4.79 Å². The lowest BCUT2D eigenvalue weighted by Crippen LogP contribution is -2.37. The number of anilines is 2. The lowest BCUT2D eigenvalue weighted by Gasteiger charge is -2.27. The van der Waals surface area contributed by atoms with E-state index in [1.165, 1.54) is 7.11 Å². The first-order chi connectivity index (χ1) is 12.1. The molecule has 0 atom stereocenters. The molecule has 1 aliphatic rings. The Morgan fingerprint density at radius 3 is 2.76 bits per heavy atom. The Balaban J connectivity index is 1.84. The summed E-state index contributed by atoms with van der Waals surface area (Å²) in [6.07, 6.45) is 0. The zero-order chi connectivity index (χ0) is 17.8. The van der Waals surface area contributed by atoms with Gasteiger partial charge in [0, 0.05) is 23.8 Å². The molecular weight excluding hydrogens is 344 g/mol. The number of nitrogens with zero attached hydrogens (tertiary/aromatic N) is 3. The van der Waals surface area contributed by atoms with Gasteiger partial charge in [-0.2, -0.15) is 0 Å². The lowest BCUT2D eigenvalue weighted by atomic mass is 10.2. The molecule has 0 radical (unpaired) electrons. The lowest BCUT2D eigenvalue weighted by molar-refractivity contribution is 0.102. The third-order valence-corrected chi connectivity index (χ3v) is 4.01. The summed E-state index contributed by atoms with van der Waals surface area (Å²) in [4.78, 5) is 23.5. The number of benzene rings is 1. The Hall–Kier alpha value is -2.38. The number of rotatable bonds is 4. The maximum Gasteiger partial charge on any atom is 0.274 e. The second kappa shape index (κ2) is 7.67. The summed E-state index contributed by atoms with van der Waals surface area (Å²) in [5, 5.41) is 3.30. The molecule has 132 valence electrons. The molecule has 1 N–H and O–H groups in total. The maximum atomic E-state index is 12.6. The van der Waals surface area contributed by atoms with Crippen LogP contribution in [0, 0.1) is 6.92 Å². The molecule has 1 saturated heterocycles. The van der Waals surface area contributed by atoms with Crippen LogP contribution in [-0.2, 0) is 4.74 Å². The van der Waals surface area contributed by atoms with Gasteiger partial charge in [0.25, 0.3) is 5.91 Å². The van der Waals surface area contributed by atoms with Crippen LogP contribution >= 0.6 is 11.6 Å². The Morgan fingerprint density at radius 1 is 1.28 bits per heavy atom. The van der Waals surface area contributed by atoms with Gasteiger partial charge in [-0.25, -0.2) is 9.97 Å². The van der Waals surface area contributed by atoms with E-state index < -0.39 is 0 Å². The molecule has 25 heavy (non-hydrogen) atoms. The molecule has 1 amide bonds. The standard InChI is InChI=1S/C17H19ClN4O3/c1-11-9-14(21-17(19-11)22-5-7-25-8-6-22)16(23)20-13-10-12(18)3-4-15(13)24-2/h3-4,9-10H,5-8H2,1-2H3,(H,20,23). The number of amides is 1. The van der Waals surface area contributed by atoms with Crippen LogP contribution in [0.2, 0.25) is 5.02 Å². The van der Waals surface area contributed by atoms with Crippen molar-refractivity contribution in [3.8, 4) is 5.75 Å². The van der Waals surface area contributed by atoms with Crippen LogP contribution in [0.3, 0.4) is 0 Å². The summed E-state index contributed by atoms with van der Waals surface area (Å²) in [6.45, 7) is 4.48. The highest BCUT2D eigenvalue weighted by Crippen LogP contribution is 2.28. The fourth-order valence-electron chi connectivity index (χ4n) is 2.54. The van der Waals surface area contributed by atoms with Crippen molar-refractivity contribution in [2.45, 2.75) is 6.92 Å². The van der Waals surface area contributed by atoms with Crippen LogP contribution in [-0.4, -0.2) is 49.3 Å². The van der Waals surface area contributed by atoms with E-state index in [2.05, 4.69) is 15.3 Å². The van der Waals surface area contributed by atoms with E-state index in [0.29, 0.717) is 48.7 Å². The van der Waals surface area contributed by atoms with Crippen molar-refractivity contribution < 1.29 is 14.3 Å². The molecule has 0 saturated carbocycles. The predicted octanol–water partition coefficient (Wildman–Crippen LogP) is 2.54. The Morgan fingerprint density at radius 2 is 2.04 bits per heavy atom. The number of hydrogen-bond acceptors (Lipinski definition) is 6. The minimum atomic E-state index is -0.347. The summed E-state index contributed by atoms with van der Waals surface area (Å²) >= 11 is 6.00. The number of hydrogen-bond donors (Lipinski definition) is 1. The molecular formula is C17H19ClN4O3. The van der Waals surface area contributed by atoms with Crippen molar-refractivity contribution in [2.24, 2.45) is 0 Å². The van der Waals surface area contributed by atoms with E-state index in [0.717, 1.165) is 5.69 Å². The van der Waals surface area contributed by atoms with Crippen molar-refractivity contribution in [3.05, 3.63) is 40.7 Å². The highest BCUT2D eigenvalue weighted by Gasteiger charge is 2.18. The zero-order valence-corrected chi connectivity index (χ0v) is 14.8. The van der Waals surface area contributed by atoms with Crippen molar-refractivity contribution in [2.75, 3.05) is 43.6 Å². The van der Waals surface area contributed by atoms with Crippen molar-refractivity contribution in [1.29, 1.82) is 0 Å². The molecule has 3 rings (SSSR count). The minimum Gasteiger partial charge on any atom is -0.495 e. The van der Waals surface area contributed by atoms with E-state index >= 15 is 0 Å². The van der Waals surface area contributed by atoms with Crippen LogP contribution in [0.25, 0.3) is 0 Å². The first kappa shape index (κ1) is 17.4. The molecule has 8 heteroatoms. The van der Waals surface area contributed by atoms with Crippen molar-refractivity contribution in [3.63, 3.8) is 0 Å². The van der Waals surface area contributed by atoms with Crippen LogP contribution in [0.15, 0.2) is 24.3 Å².